The zero-order valence-corrected chi connectivity index (χ0v) is 15.0. The van der Waals surface area contributed by atoms with Crippen LogP contribution in [-0.2, 0) is 11.2 Å². The molecule has 1 aromatic carbocycles. The predicted octanol–water partition coefficient (Wildman–Crippen LogP) is 4.32. The van der Waals surface area contributed by atoms with Crippen molar-refractivity contribution in [2.75, 3.05) is 13.8 Å². The Morgan fingerprint density at radius 2 is 1.78 bits per heavy atom. The van der Waals surface area contributed by atoms with Crippen LogP contribution in [0.4, 0.5) is 0 Å². The molecule has 1 unspecified atom stereocenters. The lowest BCUT2D eigenvalue weighted by molar-refractivity contribution is -0.123. The number of carbonyl (C=O) groups is 1. The van der Waals surface area contributed by atoms with E-state index < -0.39 is 0 Å². The Hall–Kier alpha value is -1.71. The number of carbonyl (C=O) groups excluding carboxylic acids is 1. The van der Waals surface area contributed by atoms with Crippen LogP contribution in [0.5, 0.6) is 11.5 Å². The van der Waals surface area contributed by atoms with Gasteiger partial charge in [0.1, 0.15) is 0 Å². The number of amides is 1. The quantitative estimate of drug-likeness (QED) is 0.761. The van der Waals surface area contributed by atoms with E-state index in [9.17, 15) is 4.79 Å². The van der Waals surface area contributed by atoms with Crippen molar-refractivity contribution in [3.63, 3.8) is 0 Å². The van der Waals surface area contributed by atoms with E-state index in [1.165, 1.54) is 32.1 Å². The van der Waals surface area contributed by atoms with E-state index in [0.29, 0.717) is 6.42 Å². The topological polar surface area (TPSA) is 47.6 Å². The lowest BCUT2D eigenvalue weighted by atomic mass is 10.00. The number of fused-ring (bicyclic) bond motifs is 1. The van der Waals surface area contributed by atoms with E-state index >= 15 is 0 Å². The Balaban J connectivity index is 0.000000322. The van der Waals surface area contributed by atoms with Crippen LogP contribution in [-0.4, -0.2) is 19.7 Å². The summed E-state index contributed by atoms with van der Waals surface area (Å²) in [7, 11) is 1.65. The molecule has 130 valence electrons. The van der Waals surface area contributed by atoms with Gasteiger partial charge in [-0.2, -0.15) is 0 Å². The van der Waals surface area contributed by atoms with E-state index in [1.807, 2.05) is 25.1 Å². The molecule has 0 aliphatic carbocycles. The van der Waals surface area contributed by atoms with Crippen molar-refractivity contribution in [1.82, 2.24) is 5.32 Å². The summed E-state index contributed by atoms with van der Waals surface area (Å²) in [6.45, 7) is 6.68. The van der Waals surface area contributed by atoms with Crippen LogP contribution in [0, 0.1) is 5.92 Å². The number of benzene rings is 1. The molecule has 0 radical (unpaired) electrons. The molecule has 1 N–H and O–H groups in total. The largest absolute Gasteiger partial charge is 0.454 e. The standard InChI is InChI=1S/C12H15NO3.C7H16/c1-8(12(14)13-2)5-9-3-4-10-11(6-9)16-7-15-10;1-3-5-7-6-4-2/h3-4,6,8H,5,7H2,1-2H3,(H,13,14);3-7H2,1-2H3. The average Bonchev–Trinajstić information content (AvgIpc) is 3.03. The molecule has 2 rings (SSSR count). The highest BCUT2D eigenvalue weighted by molar-refractivity contribution is 5.78. The molecule has 1 aliphatic rings. The van der Waals surface area contributed by atoms with Crippen LogP contribution in [0.1, 0.15) is 58.4 Å². The average molecular weight is 321 g/mol. The fraction of sp³-hybridized carbons (Fsp3) is 0.632. The van der Waals surface area contributed by atoms with Gasteiger partial charge in [-0.15, -0.1) is 0 Å². The molecule has 1 aromatic rings. The maximum Gasteiger partial charge on any atom is 0.231 e. The Labute approximate surface area is 140 Å². The molecule has 1 atom stereocenters. The predicted molar refractivity (Wildman–Crippen MR) is 93.9 cm³/mol. The van der Waals surface area contributed by atoms with Crippen molar-refractivity contribution < 1.29 is 14.3 Å². The summed E-state index contributed by atoms with van der Waals surface area (Å²) in [6, 6.07) is 5.78. The Morgan fingerprint density at radius 3 is 2.39 bits per heavy atom. The van der Waals surface area contributed by atoms with Crippen molar-refractivity contribution in [2.45, 2.75) is 59.3 Å². The second kappa shape index (κ2) is 10.9. The summed E-state index contributed by atoms with van der Waals surface area (Å²) in [5.74, 6) is 1.56. The van der Waals surface area contributed by atoms with Gasteiger partial charge in [0.25, 0.3) is 0 Å². The molecule has 0 aromatic heterocycles. The Morgan fingerprint density at radius 1 is 1.13 bits per heavy atom. The van der Waals surface area contributed by atoms with Crippen LogP contribution in [0.25, 0.3) is 0 Å². The van der Waals surface area contributed by atoms with Gasteiger partial charge in [-0.3, -0.25) is 4.79 Å². The van der Waals surface area contributed by atoms with Crippen LogP contribution < -0.4 is 14.8 Å². The summed E-state index contributed by atoms with van der Waals surface area (Å²) in [5, 5.41) is 2.64. The number of nitrogens with one attached hydrogen (secondary N) is 1. The van der Waals surface area contributed by atoms with Crippen molar-refractivity contribution in [1.29, 1.82) is 0 Å². The second-order valence-electron chi connectivity index (χ2n) is 5.97. The van der Waals surface area contributed by atoms with Crippen molar-refractivity contribution in [3.05, 3.63) is 23.8 Å². The minimum absolute atomic E-state index is 0.0367. The van der Waals surface area contributed by atoms with E-state index in [4.69, 9.17) is 9.47 Å². The molecule has 4 nitrogen and oxygen atoms in total. The molecular weight excluding hydrogens is 290 g/mol. The van der Waals surface area contributed by atoms with Crippen molar-refractivity contribution in [3.8, 4) is 11.5 Å². The molecule has 23 heavy (non-hydrogen) atoms. The second-order valence-corrected chi connectivity index (χ2v) is 5.97. The van der Waals surface area contributed by atoms with Crippen LogP contribution >= 0.6 is 0 Å². The van der Waals surface area contributed by atoms with Gasteiger partial charge in [0.05, 0.1) is 0 Å². The molecule has 0 bridgehead atoms. The maximum atomic E-state index is 11.4. The third kappa shape index (κ3) is 6.93. The highest BCUT2D eigenvalue weighted by atomic mass is 16.7. The van der Waals surface area contributed by atoms with Gasteiger partial charge in [-0.05, 0) is 24.1 Å². The highest BCUT2D eigenvalue weighted by Gasteiger charge is 2.16. The third-order valence-electron chi connectivity index (χ3n) is 3.88. The fourth-order valence-electron chi connectivity index (χ4n) is 2.44. The molecular formula is C19H31NO3. The number of hydrogen-bond donors (Lipinski definition) is 1. The van der Waals surface area contributed by atoms with E-state index in [-0.39, 0.29) is 18.6 Å². The van der Waals surface area contributed by atoms with Gasteiger partial charge in [-0.25, -0.2) is 0 Å². The molecule has 0 fully saturated rings. The number of unbranched alkanes of at least 4 members (excludes halogenated alkanes) is 4. The summed E-state index contributed by atoms with van der Waals surface area (Å²) < 4.78 is 10.5. The first-order chi connectivity index (χ1) is 11.1. The van der Waals surface area contributed by atoms with Gasteiger partial charge < -0.3 is 14.8 Å². The molecule has 1 amide bonds. The van der Waals surface area contributed by atoms with Gasteiger partial charge in [0.2, 0.25) is 12.7 Å². The SMILES string of the molecule is CCCCCCC.CNC(=O)C(C)Cc1ccc2c(c1)OCO2. The smallest absolute Gasteiger partial charge is 0.231 e. The number of hydrogen-bond acceptors (Lipinski definition) is 3. The lowest BCUT2D eigenvalue weighted by Crippen LogP contribution is -2.26. The highest BCUT2D eigenvalue weighted by Crippen LogP contribution is 2.33. The number of rotatable bonds is 7. The molecule has 0 saturated heterocycles. The van der Waals surface area contributed by atoms with Gasteiger partial charge in [0.15, 0.2) is 11.5 Å². The number of ether oxygens (including phenoxy) is 2. The van der Waals surface area contributed by atoms with E-state index in [1.54, 1.807) is 7.05 Å². The van der Waals surface area contributed by atoms with Crippen molar-refractivity contribution in [2.24, 2.45) is 5.92 Å². The summed E-state index contributed by atoms with van der Waals surface area (Å²) in [4.78, 5) is 11.4. The summed E-state index contributed by atoms with van der Waals surface area (Å²) in [6.07, 6.45) is 7.71. The Bertz CT molecular complexity index is 470. The maximum absolute atomic E-state index is 11.4. The monoisotopic (exact) mass is 321 g/mol. The molecule has 1 heterocycles. The van der Waals surface area contributed by atoms with Crippen LogP contribution in [0.3, 0.4) is 0 Å². The zero-order valence-electron chi connectivity index (χ0n) is 15.0. The van der Waals surface area contributed by atoms with Gasteiger partial charge >= 0.3 is 0 Å². The first-order valence-electron chi connectivity index (χ1n) is 8.72. The lowest BCUT2D eigenvalue weighted by Gasteiger charge is -2.10. The van der Waals surface area contributed by atoms with Crippen molar-refractivity contribution >= 4 is 5.91 Å². The zero-order chi connectivity index (χ0) is 17.1. The van der Waals surface area contributed by atoms with E-state index in [2.05, 4.69) is 19.2 Å². The Kier molecular flexibility index (Phi) is 9.18. The molecule has 1 aliphatic heterocycles. The van der Waals surface area contributed by atoms with Gasteiger partial charge in [-0.1, -0.05) is 58.9 Å². The first kappa shape index (κ1) is 19.3. The molecule has 4 heteroatoms. The minimum Gasteiger partial charge on any atom is -0.454 e. The minimum atomic E-state index is -0.0367. The third-order valence-corrected chi connectivity index (χ3v) is 3.88. The van der Waals surface area contributed by atoms with Gasteiger partial charge in [0, 0.05) is 13.0 Å². The molecule has 0 spiro atoms. The first-order valence-corrected chi connectivity index (χ1v) is 8.72. The van der Waals surface area contributed by atoms with E-state index in [0.717, 1.165) is 17.1 Å². The van der Waals surface area contributed by atoms with Crippen LogP contribution in [0.2, 0.25) is 0 Å². The summed E-state index contributed by atoms with van der Waals surface area (Å²) >= 11 is 0. The fourth-order valence-corrected chi connectivity index (χ4v) is 2.44. The van der Waals surface area contributed by atoms with Crippen LogP contribution in [0.15, 0.2) is 18.2 Å². The summed E-state index contributed by atoms with van der Waals surface area (Å²) in [5.41, 5.74) is 1.08. The molecule has 0 saturated carbocycles. The normalized spacial score (nSPS) is 13.0.